The van der Waals surface area contributed by atoms with Gasteiger partial charge in [0.25, 0.3) is 5.56 Å². The maximum absolute atomic E-state index is 13.8. The van der Waals surface area contributed by atoms with Gasteiger partial charge in [-0.05, 0) is 74.0 Å². The average molecular weight is 616 g/mol. The molecule has 198 valence electrons. The van der Waals surface area contributed by atoms with E-state index in [-0.39, 0.29) is 22.5 Å². The molecular formula is C28H28BrClN4O3S. The van der Waals surface area contributed by atoms with Crippen LogP contribution in [0.15, 0.2) is 87.0 Å². The maximum atomic E-state index is 13.8. The first kappa shape index (κ1) is 27.0. The van der Waals surface area contributed by atoms with Gasteiger partial charge in [0.15, 0.2) is 0 Å². The molecule has 0 amide bonds. The Morgan fingerprint density at radius 3 is 2.37 bits per heavy atom. The largest absolute Gasteiger partial charge is 0.291 e. The molecule has 1 saturated heterocycles. The second-order valence-electron chi connectivity index (χ2n) is 9.44. The fourth-order valence-corrected chi connectivity index (χ4v) is 7.17. The molecule has 7 nitrogen and oxygen atoms in total. The SMILES string of the molecule is CCC(c1nc2ccccc2c(=O)n1-c1ccc(Br)cc1)N1CCN(S(=O)(=O)c2ccc(Cl)cc2)C(C)C1. The van der Waals surface area contributed by atoms with Gasteiger partial charge in [-0.2, -0.15) is 4.31 Å². The summed E-state index contributed by atoms with van der Waals surface area (Å²) < 4.78 is 30.9. The summed E-state index contributed by atoms with van der Waals surface area (Å²) in [5, 5.41) is 1.05. The van der Waals surface area contributed by atoms with Gasteiger partial charge >= 0.3 is 0 Å². The van der Waals surface area contributed by atoms with E-state index in [1.54, 1.807) is 39.2 Å². The van der Waals surface area contributed by atoms with Crippen LogP contribution in [0.2, 0.25) is 5.02 Å². The highest BCUT2D eigenvalue weighted by Crippen LogP contribution is 2.30. The lowest BCUT2D eigenvalue weighted by atomic mass is 10.1. The first-order chi connectivity index (χ1) is 18.2. The Bertz CT molecular complexity index is 1630. The summed E-state index contributed by atoms with van der Waals surface area (Å²) in [4.78, 5) is 21.2. The van der Waals surface area contributed by atoms with Crippen molar-refractivity contribution >= 4 is 48.5 Å². The quantitative estimate of drug-likeness (QED) is 0.280. The lowest BCUT2D eigenvalue weighted by molar-refractivity contribution is 0.0945. The molecule has 0 bridgehead atoms. The number of aromatic nitrogens is 2. The third kappa shape index (κ3) is 5.05. The van der Waals surface area contributed by atoms with E-state index in [9.17, 15) is 13.2 Å². The van der Waals surface area contributed by atoms with Crippen LogP contribution in [0.3, 0.4) is 0 Å². The zero-order chi connectivity index (χ0) is 27.0. The van der Waals surface area contributed by atoms with E-state index in [2.05, 4.69) is 27.8 Å². The van der Waals surface area contributed by atoms with E-state index in [1.807, 2.05) is 49.4 Å². The van der Waals surface area contributed by atoms with Gasteiger partial charge in [0.05, 0.1) is 27.5 Å². The van der Waals surface area contributed by atoms with E-state index < -0.39 is 10.0 Å². The number of rotatable bonds is 6. The number of hydrogen-bond donors (Lipinski definition) is 0. The number of fused-ring (bicyclic) bond motifs is 1. The summed E-state index contributed by atoms with van der Waals surface area (Å²) in [5.74, 6) is 0.653. The Morgan fingerprint density at radius 2 is 1.71 bits per heavy atom. The number of halogens is 2. The summed E-state index contributed by atoms with van der Waals surface area (Å²) in [7, 11) is -3.67. The van der Waals surface area contributed by atoms with Crippen molar-refractivity contribution in [1.82, 2.24) is 18.8 Å². The number of sulfonamides is 1. The molecule has 3 aromatic carbocycles. The van der Waals surface area contributed by atoms with Crippen LogP contribution in [-0.4, -0.2) is 52.9 Å². The number of para-hydroxylation sites is 1. The van der Waals surface area contributed by atoms with Crippen molar-refractivity contribution in [2.75, 3.05) is 19.6 Å². The lowest BCUT2D eigenvalue weighted by Gasteiger charge is -2.42. The number of hydrogen-bond acceptors (Lipinski definition) is 5. The molecule has 0 saturated carbocycles. The maximum Gasteiger partial charge on any atom is 0.266 e. The van der Waals surface area contributed by atoms with E-state index in [0.717, 1.165) is 10.2 Å². The Morgan fingerprint density at radius 1 is 1.03 bits per heavy atom. The standard InChI is InChI=1S/C28H28BrClN4O3S/c1-3-26(32-16-17-33(19(2)18-32)38(36,37)23-14-10-21(30)11-15-23)27-31-25-7-5-4-6-24(25)28(35)34(27)22-12-8-20(29)9-13-22/h4-15,19,26H,3,16-18H2,1-2H3. The van der Waals surface area contributed by atoms with Gasteiger partial charge in [-0.25, -0.2) is 13.4 Å². The summed E-state index contributed by atoms with van der Waals surface area (Å²) in [5.41, 5.74) is 1.27. The van der Waals surface area contributed by atoms with Crippen molar-refractivity contribution in [2.24, 2.45) is 0 Å². The molecule has 5 rings (SSSR count). The fourth-order valence-electron chi connectivity index (χ4n) is 5.17. The summed E-state index contributed by atoms with van der Waals surface area (Å²) >= 11 is 9.45. The predicted octanol–water partition coefficient (Wildman–Crippen LogP) is 5.65. The topological polar surface area (TPSA) is 75.5 Å². The minimum atomic E-state index is -3.67. The second kappa shape index (κ2) is 10.9. The first-order valence-corrected chi connectivity index (χ1v) is 15.1. The van der Waals surface area contributed by atoms with Crippen molar-refractivity contribution in [3.05, 3.63) is 98.5 Å². The van der Waals surface area contributed by atoms with Crippen LogP contribution in [0.4, 0.5) is 0 Å². The molecule has 1 aromatic heterocycles. The van der Waals surface area contributed by atoms with Gasteiger partial charge < -0.3 is 0 Å². The van der Waals surface area contributed by atoms with Gasteiger partial charge in [0, 0.05) is 35.2 Å². The summed E-state index contributed by atoms with van der Waals surface area (Å²) in [6.45, 7) is 5.34. The molecule has 0 radical (unpaired) electrons. The number of benzene rings is 3. The highest BCUT2D eigenvalue weighted by Gasteiger charge is 2.37. The van der Waals surface area contributed by atoms with Gasteiger partial charge in [-0.15, -0.1) is 0 Å². The van der Waals surface area contributed by atoms with Crippen LogP contribution in [-0.2, 0) is 10.0 Å². The van der Waals surface area contributed by atoms with Crippen molar-refractivity contribution in [3.8, 4) is 5.69 Å². The molecule has 2 unspecified atom stereocenters. The molecular weight excluding hydrogens is 588 g/mol. The molecule has 10 heteroatoms. The van der Waals surface area contributed by atoms with E-state index in [0.29, 0.717) is 47.8 Å². The first-order valence-electron chi connectivity index (χ1n) is 12.5. The lowest BCUT2D eigenvalue weighted by Crippen LogP contribution is -2.54. The normalized spacial score (nSPS) is 18.1. The van der Waals surface area contributed by atoms with Gasteiger partial charge in [-0.3, -0.25) is 14.3 Å². The Balaban J connectivity index is 1.52. The summed E-state index contributed by atoms with van der Waals surface area (Å²) in [6.07, 6.45) is 0.706. The zero-order valence-corrected chi connectivity index (χ0v) is 24.2. The monoisotopic (exact) mass is 614 g/mol. The van der Waals surface area contributed by atoms with Crippen molar-refractivity contribution in [3.63, 3.8) is 0 Å². The van der Waals surface area contributed by atoms with Crippen molar-refractivity contribution < 1.29 is 8.42 Å². The smallest absolute Gasteiger partial charge is 0.266 e. The Labute approximate surface area is 235 Å². The molecule has 1 aliphatic heterocycles. The third-order valence-electron chi connectivity index (χ3n) is 7.03. The molecule has 0 N–H and O–H groups in total. The minimum absolute atomic E-state index is 0.122. The molecule has 0 aliphatic carbocycles. The Kier molecular flexibility index (Phi) is 7.75. The molecule has 1 fully saturated rings. The van der Waals surface area contributed by atoms with E-state index >= 15 is 0 Å². The fraction of sp³-hybridized carbons (Fsp3) is 0.286. The Hall–Kier alpha value is -2.56. The van der Waals surface area contributed by atoms with Gasteiger partial charge in [0.2, 0.25) is 10.0 Å². The average Bonchev–Trinajstić information content (AvgIpc) is 2.90. The van der Waals surface area contributed by atoms with Gasteiger partial charge in [0.1, 0.15) is 5.82 Å². The van der Waals surface area contributed by atoms with Crippen LogP contribution in [0.25, 0.3) is 16.6 Å². The summed E-state index contributed by atoms with van der Waals surface area (Å²) in [6, 6.07) is 20.8. The third-order valence-corrected chi connectivity index (χ3v) is 9.84. The molecule has 1 aliphatic rings. The van der Waals surface area contributed by atoms with Crippen LogP contribution in [0.5, 0.6) is 0 Å². The van der Waals surface area contributed by atoms with Gasteiger partial charge in [-0.1, -0.05) is 46.6 Å². The van der Waals surface area contributed by atoms with Crippen LogP contribution in [0, 0.1) is 0 Å². The molecule has 2 atom stereocenters. The zero-order valence-electron chi connectivity index (χ0n) is 21.1. The predicted molar refractivity (Wildman–Crippen MR) is 154 cm³/mol. The number of piperazine rings is 1. The van der Waals surface area contributed by atoms with Crippen LogP contribution >= 0.6 is 27.5 Å². The van der Waals surface area contributed by atoms with E-state index in [4.69, 9.17) is 16.6 Å². The molecule has 38 heavy (non-hydrogen) atoms. The van der Waals surface area contributed by atoms with E-state index in [1.165, 1.54) is 0 Å². The highest BCUT2D eigenvalue weighted by molar-refractivity contribution is 9.10. The second-order valence-corrected chi connectivity index (χ2v) is 12.7. The minimum Gasteiger partial charge on any atom is -0.291 e. The molecule has 4 aromatic rings. The molecule has 2 heterocycles. The van der Waals surface area contributed by atoms with Crippen LogP contribution in [0.1, 0.15) is 32.1 Å². The number of nitrogens with zero attached hydrogens (tertiary/aromatic N) is 4. The van der Waals surface area contributed by atoms with Crippen molar-refractivity contribution in [2.45, 2.75) is 37.2 Å². The van der Waals surface area contributed by atoms with Crippen molar-refractivity contribution in [1.29, 1.82) is 0 Å². The molecule has 0 spiro atoms. The van der Waals surface area contributed by atoms with Crippen LogP contribution < -0.4 is 5.56 Å². The highest BCUT2D eigenvalue weighted by atomic mass is 79.9.